The minimum Gasteiger partial charge on any atom is -0.344 e. The normalized spacial score (nSPS) is 16.7. The molecule has 4 rings (SSSR count). The van der Waals surface area contributed by atoms with Gasteiger partial charge in [-0.15, -0.1) is 11.3 Å². The van der Waals surface area contributed by atoms with Crippen LogP contribution in [0.5, 0.6) is 0 Å². The average Bonchev–Trinajstić information content (AvgIpc) is 3.33. The monoisotopic (exact) mass is 454 g/mol. The number of nitrogens with zero attached hydrogens (tertiary/aromatic N) is 1. The van der Waals surface area contributed by atoms with E-state index in [0.717, 1.165) is 10.4 Å². The first-order valence-electron chi connectivity index (χ1n) is 10.4. The molecule has 1 aliphatic heterocycles. The summed E-state index contributed by atoms with van der Waals surface area (Å²) in [5.41, 5.74) is 2.22. The first-order chi connectivity index (χ1) is 14.9. The third-order valence-electron chi connectivity index (χ3n) is 5.73. The summed E-state index contributed by atoms with van der Waals surface area (Å²) < 4.78 is 27.2. The highest BCUT2D eigenvalue weighted by Gasteiger charge is 2.33. The summed E-state index contributed by atoms with van der Waals surface area (Å²) in [7, 11) is -3.51. The lowest BCUT2D eigenvalue weighted by Crippen LogP contribution is -2.43. The third kappa shape index (κ3) is 4.89. The van der Waals surface area contributed by atoms with Crippen LogP contribution in [-0.4, -0.2) is 31.7 Å². The van der Waals surface area contributed by atoms with Crippen LogP contribution in [0.3, 0.4) is 0 Å². The SMILES string of the molecule is Cc1ccc([C@@H](NC(=O)C2CCN(S(=O)(=O)c3ccccc3)CC2)c2cccs2)cc1. The standard InChI is InChI=1S/C24H26N2O3S2/c1-18-9-11-19(12-10-18)23(22-8-5-17-30-22)25-24(27)20-13-15-26(16-14-20)31(28,29)21-6-3-2-4-7-21/h2-12,17,20,23H,13-16H2,1H3,(H,25,27)/t23-/m1/s1. The van der Waals surface area contributed by atoms with Crippen molar-refractivity contribution < 1.29 is 13.2 Å². The predicted octanol–water partition coefficient (Wildman–Crippen LogP) is 4.36. The van der Waals surface area contributed by atoms with Gasteiger partial charge in [-0.1, -0.05) is 54.1 Å². The van der Waals surface area contributed by atoms with Crippen LogP contribution in [0.25, 0.3) is 0 Å². The highest BCUT2D eigenvalue weighted by molar-refractivity contribution is 7.89. The van der Waals surface area contributed by atoms with Crippen LogP contribution in [0.15, 0.2) is 77.0 Å². The summed E-state index contributed by atoms with van der Waals surface area (Å²) in [5.74, 6) is -0.217. The van der Waals surface area contributed by atoms with Gasteiger partial charge in [0, 0.05) is 23.9 Å². The van der Waals surface area contributed by atoms with Gasteiger partial charge in [-0.3, -0.25) is 4.79 Å². The van der Waals surface area contributed by atoms with Crippen molar-refractivity contribution in [3.63, 3.8) is 0 Å². The van der Waals surface area contributed by atoms with E-state index < -0.39 is 10.0 Å². The second-order valence-corrected chi connectivity index (χ2v) is 10.8. The summed E-state index contributed by atoms with van der Waals surface area (Å²) in [6.07, 6.45) is 1.03. The summed E-state index contributed by atoms with van der Waals surface area (Å²) in [6, 6.07) is 20.5. The maximum atomic E-state index is 13.1. The van der Waals surface area contributed by atoms with Gasteiger partial charge in [0.2, 0.25) is 15.9 Å². The van der Waals surface area contributed by atoms with Crippen LogP contribution in [0.4, 0.5) is 0 Å². The molecule has 0 saturated carbocycles. The molecule has 1 aromatic heterocycles. The molecule has 31 heavy (non-hydrogen) atoms. The minimum absolute atomic E-state index is 0.0178. The van der Waals surface area contributed by atoms with Gasteiger partial charge in [0.25, 0.3) is 0 Å². The molecule has 1 N–H and O–H groups in total. The van der Waals surface area contributed by atoms with E-state index >= 15 is 0 Å². The van der Waals surface area contributed by atoms with E-state index in [1.165, 1.54) is 9.87 Å². The Morgan fingerprint density at radius 3 is 2.29 bits per heavy atom. The largest absolute Gasteiger partial charge is 0.344 e. The lowest BCUT2D eigenvalue weighted by molar-refractivity contribution is -0.126. The average molecular weight is 455 g/mol. The second-order valence-electron chi connectivity index (χ2n) is 7.86. The van der Waals surface area contributed by atoms with Gasteiger partial charge in [0.05, 0.1) is 10.9 Å². The zero-order valence-electron chi connectivity index (χ0n) is 17.4. The molecular weight excluding hydrogens is 428 g/mol. The maximum Gasteiger partial charge on any atom is 0.243 e. The number of carbonyl (C=O) groups excluding carboxylic acids is 1. The second kappa shape index (κ2) is 9.34. The Labute approximate surface area is 187 Å². The van der Waals surface area contributed by atoms with Crippen molar-refractivity contribution in [3.05, 3.63) is 88.1 Å². The fourth-order valence-electron chi connectivity index (χ4n) is 3.89. The molecule has 1 saturated heterocycles. The van der Waals surface area contributed by atoms with E-state index in [4.69, 9.17) is 0 Å². The van der Waals surface area contributed by atoms with Crippen molar-refractivity contribution in [3.8, 4) is 0 Å². The topological polar surface area (TPSA) is 66.5 Å². The molecule has 2 aromatic carbocycles. The summed E-state index contributed by atoms with van der Waals surface area (Å²) in [4.78, 5) is 14.5. The molecule has 0 bridgehead atoms. The molecule has 1 atom stereocenters. The number of benzene rings is 2. The van der Waals surface area contributed by atoms with E-state index in [9.17, 15) is 13.2 Å². The van der Waals surface area contributed by atoms with Gasteiger partial charge in [0.15, 0.2) is 0 Å². The number of piperidine rings is 1. The number of nitrogens with one attached hydrogen (secondary N) is 1. The molecule has 1 fully saturated rings. The highest BCUT2D eigenvalue weighted by Crippen LogP contribution is 2.29. The zero-order valence-corrected chi connectivity index (χ0v) is 19.0. The molecule has 7 heteroatoms. The number of hydrogen-bond acceptors (Lipinski definition) is 4. The number of carbonyl (C=O) groups is 1. The number of aryl methyl sites for hydroxylation is 1. The van der Waals surface area contributed by atoms with Crippen LogP contribution >= 0.6 is 11.3 Å². The van der Waals surface area contributed by atoms with Crippen molar-refractivity contribution >= 4 is 27.3 Å². The van der Waals surface area contributed by atoms with Crippen molar-refractivity contribution in [1.82, 2.24) is 9.62 Å². The Hall–Kier alpha value is -2.48. The van der Waals surface area contributed by atoms with Gasteiger partial charge >= 0.3 is 0 Å². The van der Waals surface area contributed by atoms with Crippen LogP contribution in [0, 0.1) is 12.8 Å². The Kier molecular flexibility index (Phi) is 6.55. The molecule has 0 radical (unpaired) electrons. The Bertz CT molecular complexity index is 1100. The Balaban J connectivity index is 1.43. The molecule has 3 aromatic rings. The quantitative estimate of drug-likeness (QED) is 0.602. The summed E-state index contributed by atoms with van der Waals surface area (Å²) in [5, 5.41) is 5.22. The first-order valence-corrected chi connectivity index (χ1v) is 12.7. The van der Waals surface area contributed by atoms with Crippen molar-refractivity contribution in [2.24, 2.45) is 5.92 Å². The predicted molar refractivity (Wildman–Crippen MR) is 123 cm³/mol. The van der Waals surface area contributed by atoms with Gasteiger partial charge in [0.1, 0.15) is 0 Å². The number of sulfonamides is 1. The molecule has 0 aliphatic carbocycles. The van der Waals surface area contributed by atoms with Gasteiger partial charge in [-0.25, -0.2) is 8.42 Å². The van der Waals surface area contributed by atoms with Crippen LogP contribution in [0.1, 0.15) is 34.9 Å². The number of thiophene rings is 1. The highest BCUT2D eigenvalue weighted by atomic mass is 32.2. The molecule has 162 valence electrons. The minimum atomic E-state index is -3.51. The van der Waals surface area contributed by atoms with E-state index in [1.54, 1.807) is 41.7 Å². The fraction of sp³-hybridized carbons (Fsp3) is 0.292. The van der Waals surface area contributed by atoms with Crippen LogP contribution < -0.4 is 5.32 Å². The Morgan fingerprint density at radius 1 is 1.00 bits per heavy atom. The van der Waals surface area contributed by atoms with E-state index in [1.807, 2.05) is 24.4 Å². The summed E-state index contributed by atoms with van der Waals surface area (Å²) in [6.45, 7) is 2.74. The van der Waals surface area contributed by atoms with Gasteiger partial charge < -0.3 is 5.32 Å². The lowest BCUT2D eigenvalue weighted by atomic mass is 9.95. The molecule has 2 heterocycles. The van der Waals surface area contributed by atoms with E-state index in [2.05, 4.69) is 29.6 Å². The third-order valence-corrected chi connectivity index (χ3v) is 8.58. The lowest BCUT2D eigenvalue weighted by Gasteiger charge is -2.31. The molecule has 1 aliphatic rings. The van der Waals surface area contributed by atoms with Crippen molar-refractivity contribution in [2.75, 3.05) is 13.1 Å². The maximum absolute atomic E-state index is 13.1. The smallest absolute Gasteiger partial charge is 0.243 e. The molecule has 0 spiro atoms. The van der Waals surface area contributed by atoms with Crippen molar-refractivity contribution in [2.45, 2.75) is 30.7 Å². The van der Waals surface area contributed by atoms with Gasteiger partial charge in [-0.05, 0) is 48.9 Å². The summed E-state index contributed by atoms with van der Waals surface area (Å²) >= 11 is 1.62. The molecule has 5 nitrogen and oxygen atoms in total. The molecular formula is C24H26N2O3S2. The molecule has 0 unspecified atom stereocenters. The van der Waals surface area contributed by atoms with E-state index in [-0.39, 0.29) is 17.9 Å². The molecule has 1 amide bonds. The zero-order chi connectivity index (χ0) is 21.8. The number of amides is 1. The number of hydrogen-bond donors (Lipinski definition) is 1. The number of rotatable bonds is 6. The van der Waals surface area contributed by atoms with Crippen molar-refractivity contribution in [1.29, 1.82) is 0 Å². The van der Waals surface area contributed by atoms with E-state index in [0.29, 0.717) is 30.8 Å². The van der Waals surface area contributed by atoms with Gasteiger partial charge in [-0.2, -0.15) is 4.31 Å². The van der Waals surface area contributed by atoms with Crippen LogP contribution in [-0.2, 0) is 14.8 Å². The van der Waals surface area contributed by atoms with Crippen LogP contribution in [0.2, 0.25) is 0 Å². The first kappa shape index (κ1) is 21.7. The Morgan fingerprint density at radius 2 is 1.68 bits per heavy atom. The fourth-order valence-corrected chi connectivity index (χ4v) is 6.19.